The average Bonchev–Trinajstić information content (AvgIpc) is 2.87. The molecule has 0 aromatic carbocycles. The van der Waals surface area contributed by atoms with Crippen molar-refractivity contribution in [3.05, 3.63) is 42.7 Å². The zero-order chi connectivity index (χ0) is 29.7. The minimum atomic E-state index is -2.28. The third-order valence-electron chi connectivity index (χ3n) is 9.61. The van der Waals surface area contributed by atoms with E-state index in [0.717, 1.165) is 5.69 Å². The van der Waals surface area contributed by atoms with Crippen molar-refractivity contribution in [1.82, 2.24) is 10.3 Å². The number of nitrogens with zero attached hydrogens (tertiary/aromatic N) is 1. The van der Waals surface area contributed by atoms with Crippen LogP contribution in [0.2, 0.25) is 0 Å². The fourth-order valence-electron chi connectivity index (χ4n) is 7.75. The molecule has 1 aromatic heterocycles. The molecular weight excluding hydrogens is 516 g/mol. The number of aliphatic hydroxyl groups is 2. The van der Waals surface area contributed by atoms with E-state index in [1.165, 1.54) is 19.9 Å². The Labute approximate surface area is 235 Å². The maximum absolute atomic E-state index is 14.0. The molecule has 8 atom stereocenters. The second-order valence-electron chi connectivity index (χ2n) is 12.7. The number of alkyl carbamates (subject to hydrolysis) is 1. The fourth-order valence-corrected chi connectivity index (χ4v) is 7.75. The van der Waals surface area contributed by atoms with E-state index in [4.69, 9.17) is 14.2 Å². The van der Waals surface area contributed by atoms with Gasteiger partial charge in [-0.2, -0.15) is 0 Å². The van der Waals surface area contributed by atoms with Gasteiger partial charge in [0.1, 0.15) is 11.7 Å². The van der Waals surface area contributed by atoms with E-state index in [9.17, 15) is 24.6 Å². The summed E-state index contributed by atoms with van der Waals surface area (Å²) in [7, 11) is 0. The molecule has 2 heterocycles. The molecule has 1 saturated heterocycles. The molecule has 10 heteroatoms. The van der Waals surface area contributed by atoms with Crippen molar-refractivity contribution in [1.29, 1.82) is 0 Å². The summed E-state index contributed by atoms with van der Waals surface area (Å²) >= 11 is 0. The molecule has 0 radical (unpaired) electrons. The number of amides is 1. The summed E-state index contributed by atoms with van der Waals surface area (Å²) in [5.41, 5.74) is -6.74. The summed E-state index contributed by atoms with van der Waals surface area (Å²) in [6.07, 6.45) is -0.193. The molecule has 3 fully saturated rings. The first-order chi connectivity index (χ1) is 18.6. The summed E-state index contributed by atoms with van der Waals surface area (Å²) in [4.78, 5) is 44.0. The Kier molecular flexibility index (Phi) is 7.71. The largest absolute Gasteiger partial charge is 0.455 e. The maximum Gasteiger partial charge on any atom is 0.407 e. The van der Waals surface area contributed by atoms with Crippen molar-refractivity contribution < 1.29 is 38.8 Å². The van der Waals surface area contributed by atoms with Gasteiger partial charge in [-0.3, -0.25) is 14.6 Å². The normalized spacial score (nSPS) is 40.2. The quantitative estimate of drug-likeness (QED) is 0.355. The summed E-state index contributed by atoms with van der Waals surface area (Å²) in [6.45, 7) is 13.9. The van der Waals surface area contributed by atoms with Crippen LogP contribution in [-0.2, 0) is 30.2 Å². The van der Waals surface area contributed by atoms with Gasteiger partial charge in [0.2, 0.25) is 0 Å². The maximum atomic E-state index is 14.0. The number of ketones is 1. The Morgan fingerprint density at radius 2 is 1.93 bits per heavy atom. The van der Waals surface area contributed by atoms with Crippen LogP contribution in [0.5, 0.6) is 0 Å². The van der Waals surface area contributed by atoms with Crippen LogP contribution in [0.25, 0.3) is 0 Å². The second-order valence-corrected chi connectivity index (χ2v) is 12.7. The lowest BCUT2D eigenvalue weighted by Gasteiger charge is -2.71. The molecule has 1 aromatic rings. The van der Waals surface area contributed by atoms with Gasteiger partial charge in [-0.15, -0.1) is 6.58 Å². The van der Waals surface area contributed by atoms with E-state index in [0.29, 0.717) is 19.3 Å². The molecule has 8 unspecified atom stereocenters. The lowest BCUT2D eigenvalue weighted by molar-refractivity contribution is -0.369. The summed E-state index contributed by atoms with van der Waals surface area (Å²) in [5.74, 6) is -2.03. The third kappa shape index (κ3) is 4.54. The van der Waals surface area contributed by atoms with Crippen LogP contribution >= 0.6 is 0 Å². The number of hydrogen-bond acceptors (Lipinski definition) is 9. The van der Waals surface area contributed by atoms with E-state index < -0.39 is 69.7 Å². The minimum Gasteiger partial charge on any atom is -0.455 e. The SMILES string of the molecule is C=CC1(C)CC(=O)C2(O)C(C)(O1)C(OC(C)=O)C(OC(=O)NCCc1ccccn1)C1C(C)(C)CCC(O)C12C. The molecular formula is C30H42N2O8. The van der Waals surface area contributed by atoms with Crippen LogP contribution in [-0.4, -0.2) is 74.7 Å². The number of esters is 1. The summed E-state index contributed by atoms with van der Waals surface area (Å²) in [6, 6.07) is 5.50. The highest BCUT2D eigenvalue weighted by Crippen LogP contribution is 2.67. The van der Waals surface area contributed by atoms with Crippen molar-refractivity contribution in [3.8, 4) is 0 Å². The first kappa shape index (κ1) is 30.1. The standard InChI is InChI=1S/C30H42N2O8/c1-8-27(5)17-21(35)30(37)28(6)20(34)12-14-26(3,4)23(28)22(24(38-18(2)33)29(30,7)40-27)39-25(36)32-16-13-19-11-9-10-15-31-19/h8-11,15,20,22-24,34,37H,1,12-14,16-17H2,2-7H3,(H,32,36). The molecule has 0 bridgehead atoms. The topological polar surface area (TPSA) is 144 Å². The smallest absolute Gasteiger partial charge is 0.407 e. The molecule has 0 spiro atoms. The molecule has 2 aliphatic carbocycles. The molecule has 10 nitrogen and oxygen atoms in total. The predicted octanol–water partition coefficient (Wildman–Crippen LogP) is 2.89. The van der Waals surface area contributed by atoms with Crippen molar-refractivity contribution in [2.75, 3.05) is 6.54 Å². The highest BCUT2D eigenvalue weighted by Gasteiger charge is 2.82. The molecule has 3 aliphatic rings. The van der Waals surface area contributed by atoms with Crippen LogP contribution < -0.4 is 5.32 Å². The zero-order valence-electron chi connectivity index (χ0n) is 24.2. The summed E-state index contributed by atoms with van der Waals surface area (Å²) in [5, 5.41) is 26.9. The van der Waals surface area contributed by atoms with E-state index in [1.807, 2.05) is 26.0 Å². The van der Waals surface area contributed by atoms with Gasteiger partial charge in [-0.1, -0.05) is 32.9 Å². The Morgan fingerprint density at radius 3 is 2.52 bits per heavy atom. The predicted molar refractivity (Wildman–Crippen MR) is 145 cm³/mol. The van der Waals surface area contributed by atoms with Gasteiger partial charge in [0, 0.05) is 49.5 Å². The van der Waals surface area contributed by atoms with Crippen LogP contribution in [0.4, 0.5) is 4.79 Å². The molecule has 220 valence electrons. The number of pyridine rings is 1. The number of nitrogens with one attached hydrogen (secondary N) is 1. The van der Waals surface area contributed by atoms with Crippen LogP contribution in [0.1, 0.15) is 66.5 Å². The van der Waals surface area contributed by atoms with Gasteiger partial charge >= 0.3 is 12.1 Å². The summed E-state index contributed by atoms with van der Waals surface area (Å²) < 4.78 is 18.4. The number of rotatable bonds is 6. The van der Waals surface area contributed by atoms with Gasteiger partial charge in [0.05, 0.1) is 11.7 Å². The lowest BCUT2D eigenvalue weighted by atomic mass is 9.39. The van der Waals surface area contributed by atoms with E-state index >= 15 is 0 Å². The van der Waals surface area contributed by atoms with Crippen LogP contribution in [0, 0.1) is 16.7 Å². The minimum absolute atomic E-state index is 0.190. The Balaban J connectivity index is 1.80. The van der Waals surface area contributed by atoms with Crippen LogP contribution in [0.3, 0.4) is 0 Å². The van der Waals surface area contributed by atoms with Gasteiger partial charge < -0.3 is 29.7 Å². The van der Waals surface area contributed by atoms with Crippen molar-refractivity contribution >= 4 is 17.8 Å². The van der Waals surface area contributed by atoms with Crippen molar-refractivity contribution in [3.63, 3.8) is 0 Å². The third-order valence-corrected chi connectivity index (χ3v) is 9.61. The Morgan fingerprint density at radius 1 is 1.23 bits per heavy atom. The first-order valence-corrected chi connectivity index (χ1v) is 13.8. The highest BCUT2D eigenvalue weighted by atomic mass is 16.6. The molecule has 3 N–H and O–H groups in total. The first-order valence-electron chi connectivity index (χ1n) is 13.8. The number of Topliss-reactive ketones (excluding diaryl/α,β-unsaturated/α-hetero) is 1. The zero-order valence-corrected chi connectivity index (χ0v) is 24.2. The number of carbonyl (C=O) groups excluding carboxylic acids is 3. The molecule has 1 amide bonds. The molecule has 2 saturated carbocycles. The number of aliphatic hydroxyl groups excluding tert-OH is 1. The fraction of sp³-hybridized carbons (Fsp3) is 0.667. The van der Waals surface area contributed by atoms with Gasteiger partial charge in [-0.05, 0) is 44.2 Å². The Hall–Kier alpha value is -2.82. The number of fused-ring (bicyclic) bond motifs is 3. The number of aromatic nitrogens is 1. The number of hydrogen-bond donors (Lipinski definition) is 3. The Bertz CT molecular complexity index is 1170. The van der Waals surface area contributed by atoms with Gasteiger partial charge in [0.25, 0.3) is 0 Å². The van der Waals surface area contributed by atoms with Crippen molar-refractivity contribution in [2.24, 2.45) is 16.7 Å². The molecule has 4 rings (SSSR count). The van der Waals surface area contributed by atoms with Gasteiger partial charge in [-0.25, -0.2) is 4.79 Å². The molecule has 40 heavy (non-hydrogen) atoms. The van der Waals surface area contributed by atoms with Gasteiger partial charge in [0.15, 0.2) is 17.5 Å². The van der Waals surface area contributed by atoms with Crippen molar-refractivity contribution in [2.45, 2.75) is 102 Å². The van der Waals surface area contributed by atoms with E-state index in [2.05, 4.69) is 16.9 Å². The second kappa shape index (κ2) is 10.2. The average molecular weight is 559 g/mol. The van der Waals surface area contributed by atoms with E-state index in [1.54, 1.807) is 26.1 Å². The number of ether oxygens (including phenoxy) is 3. The molecule has 1 aliphatic heterocycles. The van der Waals surface area contributed by atoms with E-state index in [-0.39, 0.29) is 13.0 Å². The highest BCUT2D eigenvalue weighted by molar-refractivity contribution is 5.92. The van der Waals surface area contributed by atoms with Crippen LogP contribution in [0.15, 0.2) is 37.1 Å². The lowest BCUT2D eigenvalue weighted by Crippen LogP contribution is -2.87. The number of carbonyl (C=O) groups is 3. The monoisotopic (exact) mass is 558 g/mol.